The van der Waals surface area contributed by atoms with Crippen LogP contribution >= 0.6 is 0 Å². The predicted octanol–water partition coefficient (Wildman–Crippen LogP) is 15.4. The highest BCUT2D eigenvalue weighted by molar-refractivity contribution is 5.99. The third-order valence-corrected chi connectivity index (χ3v) is 14.5. The van der Waals surface area contributed by atoms with E-state index in [0.29, 0.717) is 11.8 Å². The van der Waals surface area contributed by atoms with E-state index in [2.05, 4.69) is 158 Å². The van der Waals surface area contributed by atoms with Crippen molar-refractivity contribution in [3.8, 4) is 22.3 Å². The van der Waals surface area contributed by atoms with Crippen LogP contribution in [0.3, 0.4) is 0 Å². The molecular weight excluding hydrogens is 663 g/mol. The van der Waals surface area contributed by atoms with Crippen molar-refractivity contribution < 1.29 is 0 Å². The molecule has 3 unspecified atom stereocenters. The third kappa shape index (κ3) is 5.48. The lowest BCUT2D eigenvalue weighted by atomic mass is 9.80. The summed E-state index contributed by atoms with van der Waals surface area (Å²) in [5.74, 6) is 3.06. The van der Waals surface area contributed by atoms with Gasteiger partial charge in [0, 0.05) is 16.7 Å². The molecule has 3 saturated carbocycles. The van der Waals surface area contributed by atoms with E-state index >= 15 is 0 Å². The van der Waals surface area contributed by atoms with E-state index in [1.54, 1.807) is 5.56 Å². The molecule has 1 heteroatoms. The van der Waals surface area contributed by atoms with Crippen molar-refractivity contribution >= 4 is 38.6 Å². The summed E-state index contributed by atoms with van der Waals surface area (Å²) in [6, 6.07) is 54.2. The van der Waals surface area contributed by atoms with Gasteiger partial charge < -0.3 is 4.90 Å². The molecule has 2 bridgehead atoms. The van der Waals surface area contributed by atoms with Crippen molar-refractivity contribution in [1.29, 1.82) is 0 Å². The second kappa shape index (κ2) is 13.0. The molecule has 1 nitrogen and oxygen atoms in total. The van der Waals surface area contributed by atoms with Crippen LogP contribution in [0.4, 0.5) is 17.1 Å². The molecule has 7 aromatic rings. The SMILES string of the molecule is CC1(C)c2ccccc2-c2cc(-c3ccc4ccccc4c3)c(N(c3ccc(C4CC5CCC4C5)cc3)c3cc4ccccc4cc3C3CCCCC3)cc21. The largest absolute Gasteiger partial charge is 0.310 e. The van der Waals surface area contributed by atoms with Gasteiger partial charge in [0.05, 0.1) is 11.4 Å². The molecule has 55 heavy (non-hydrogen) atoms. The van der Waals surface area contributed by atoms with Crippen LogP contribution in [0.1, 0.15) is 106 Å². The Morgan fingerprint density at radius 3 is 1.96 bits per heavy atom. The lowest BCUT2D eigenvalue weighted by Crippen LogP contribution is -2.19. The fourth-order valence-electron chi connectivity index (χ4n) is 11.6. The Balaban J connectivity index is 1.19. The first-order valence-corrected chi connectivity index (χ1v) is 21.2. The first-order valence-electron chi connectivity index (χ1n) is 21.2. The summed E-state index contributed by atoms with van der Waals surface area (Å²) in [5.41, 5.74) is 14.9. The van der Waals surface area contributed by atoms with Crippen LogP contribution in [-0.2, 0) is 5.41 Å². The highest BCUT2D eigenvalue weighted by Gasteiger charge is 2.41. The fourth-order valence-corrected chi connectivity index (χ4v) is 11.6. The molecule has 0 saturated heterocycles. The van der Waals surface area contributed by atoms with Crippen molar-refractivity contribution in [3.63, 3.8) is 0 Å². The van der Waals surface area contributed by atoms with E-state index in [1.807, 2.05) is 0 Å². The molecule has 0 amide bonds. The predicted molar refractivity (Wildman–Crippen MR) is 233 cm³/mol. The minimum atomic E-state index is -0.116. The van der Waals surface area contributed by atoms with E-state index in [-0.39, 0.29) is 5.41 Å². The van der Waals surface area contributed by atoms with Crippen LogP contribution in [0.15, 0.2) is 140 Å². The Bertz CT molecular complexity index is 2580. The van der Waals surface area contributed by atoms with Crippen molar-refractivity contribution in [2.45, 2.75) is 88.9 Å². The summed E-state index contributed by atoms with van der Waals surface area (Å²) in [6.07, 6.45) is 12.1. The second-order valence-electron chi connectivity index (χ2n) is 17.9. The number of hydrogen-bond donors (Lipinski definition) is 0. The quantitative estimate of drug-likeness (QED) is 0.166. The van der Waals surface area contributed by atoms with Crippen LogP contribution in [0, 0.1) is 11.8 Å². The van der Waals surface area contributed by atoms with Gasteiger partial charge in [-0.15, -0.1) is 0 Å². The minimum Gasteiger partial charge on any atom is -0.310 e. The molecule has 0 spiro atoms. The van der Waals surface area contributed by atoms with Gasteiger partial charge in [-0.25, -0.2) is 0 Å². The van der Waals surface area contributed by atoms with Crippen LogP contribution in [0.5, 0.6) is 0 Å². The first kappa shape index (κ1) is 33.2. The van der Waals surface area contributed by atoms with Crippen LogP contribution in [0.2, 0.25) is 0 Å². The molecule has 11 rings (SSSR count). The average molecular weight is 714 g/mol. The number of anilines is 3. The van der Waals surface area contributed by atoms with Gasteiger partial charge in [-0.3, -0.25) is 0 Å². The fraction of sp³-hybridized carbons (Fsp3) is 0.296. The summed E-state index contributed by atoms with van der Waals surface area (Å²) in [4.78, 5) is 2.69. The van der Waals surface area contributed by atoms with E-state index in [4.69, 9.17) is 0 Å². The van der Waals surface area contributed by atoms with Gasteiger partial charge in [-0.2, -0.15) is 0 Å². The summed E-state index contributed by atoms with van der Waals surface area (Å²) in [6.45, 7) is 4.85. The Hall–Kier alpha value is -5.14. The first-order chi connectivity index (χ1) is 27.0. The Labute approximate surface area is 327 Å². The lowest BCUT2D eigenvalue weighted by molar-refractivity contribution is 0.420. The molecule has 272 valence electrons. The molecule has 4 aliphatic carbocycles. The van der Waals surface area contributed by atoms with Crippen LogP contribution in [0.25, 0.3) is 43.8 Å². The summed E-state index contributed by atoms with van der Waals surface area (Å²) >= 11 is 0. The maximum Gasteiger partial charge on any atom is 0.0543 e. The van der Waals surface area contributed by atoms with E-state index in [0.717, 1.165) is 11.8 Å². The van der Waals surface area contributed by atoms with E-state index in [1.165, 1.54) is 135 Å². The van der Waals surface area contributed by atoms with Gasteiger partial charge in [0.15, 0.2) is 0 Å². The third-order valence-electron chi connectivity index (χ3n) is 14.5. The monoisotopic (exact) mass is 713 g/mol. The van der Waals surface area contributed by atoms with Crippen LogP contribution in [-0.4, -0.2) is 0 Å². The Morgan fingerprint density at radius 2 is 1.22 bits per heavy atom. The average Bonchev–Trinajstić information content (AvgIpc) is 3.94. The Morgan fingerprint density at radius 1 is 0.509 bits per heavy atom. The van der Waals surface area contributed by atoms with Gasteiger partial charge in [0.1, 0.15) is 0 Å². The van der Waals surface area contributed by atoms with Crippen LogP contribution < -0.4 is 4.90 Å². The molecule has 0 aliphatic heterocycles. The highest BCUT2D eigenvalue weighted by Crippen LogP contribution is 2.56. The van der Waals surface area contributed by atoms with Crippen molar-refractivity contribution in [3.05, 3.63) is 162 Å². The number of benzene rings is 7. The van der Waals surface area contributed by atoms with Gasteiger partial charge in [0.2, 0.25) is 0 Å². The van der Waals surface area contributed by atoms with Crippen molar-refractivity contribution in [1.82, 2.24) is 0 Å². The topological polar surface area (TPSA) is 3.24 Å². The number of rotatable bonds is 6. The normalized spacial score (nSPS) is 21.2. The smallest absolute Gasteiger partial charge is 0.0543 e. The molecule has 4 aliphatic rings. The standard InChI is InChI=1S/C54H51N/c1-54(2)50-19-11-10-18-45(50)49-33-48(43-23-22-36-12-6-7-15-39(36)30-43)53(34-51(49)54)55(44-26-24-38(25-27-44)46-29-35-20-21-42(46)28-35)52-32-41-17-9-8-16-40(41)31-47(52)37-13-4-3-5-14-37/h6-12,15-19,22-27,30-35,37,42,46H,3-5,13-14,20-21,28-29H2,1-2H3. The summed E-state index contributed by atoms with van der Waals surface area (Å²) in [5, 5.41) is 5.21. The maximum absolute atomic E-state index is 2.69. The molecule has 0 aromatic heterocycles. The van der Waals surface area contributed by atoms with Gasteiger partial charge in [0.25, 0.3) is 0 Å². The number of hydrogen-bond acceptors (Lipinski definition) is 1. The summed E-state index contributed by atoms with van der Waals surface area (Å²) < 4.78 is 0. The summed E-state index contributed by atoms with van der Waals surface area (Å²) in [7, 11) is 0. The molecule has 0 heterocycles. The highest BCUT2D eigenvalue weighted by atomic mass is 15.1. The molecule has 3 atom stereocenters. The zero-order chi connectivity index (χ0) is 36.7. The zero-order valence-corrected chi connectivity index (χ0v) is 32.4. The number of fused-ring (bicyclic) bond motifs is 7. The van der Waals surface area contributed by atoms with Gasteiger partial charge in [-0.05, 0) is 159 Å². The van der Waals surface area contributed by atoms with Gasteiger partial charge >= 0.3 is 0 Å². The van der Waals surface area contributed by atoms with Gasteiger partial charge in [-0.1, -0.05) is 137 Å². The Kier molecular flexibility index (Phi) is 7.84. The van der Waals surface area contributed by atoms with E-state index in [9.17, 15) is 0 Å². The molecule has 7 aromatic carbocycles. The van der Waals surface area contributed by atoms with Crippen molar-refractivity contribution in [2.24, 2.45) is 11.8 Å². The lowest BCUT2D eigenvalue weighted by Gasteiger charge is -2.34. The zero-order valence-electron chi connectivity index (χ0n) is 32.4. The molecule has 3 fully saturated rings. The molecular formula is C54H51N. The molecule has 0 radical (unpaired) electrons. The van der Waals surface area contributed by atoms with Crippen molar-refractivity contribution in [2.75, 3.05) is 4.90 Å². The van der Waals surface area contributed by atoms with E-state index < -0.39 is 0 Å². The minimum absolute atomic E-state index is 0.116. The number of nitrogens with zero attached hydrogens (tertiary/aromatic N) is 1. The molecule has 0 N–H and O–H groups in total. The maximum atomic E-state index is 2.69. The second-order valence-corrected chi connectivity index (χ2v) is 17.9.